The van der Waals surface area contributed by atoms with E-state index in [1.165, 1.54) is 27.5 Å². The Morgan fingerprint density at radius 3 is 2.26 bits per heavy atom. The highest BCUT2D eigenvalue weighted by atomic mass is 16.6. The van der Waals surface area contributed by atoms with Crippen LogP contribution < -0.4 is 0 Å². The van der Waals surface area contributed by atoms with Crippen molar-refractivity contribution in [1.29, 1.82) is 0 Å². The summed E-state index contributed by atoms with van der Waals surface area (Å²) < 4.78 is 0. The molecule has 2 aliphatic rings. The molecule has 0 saturated carbocycles. The van der Waals surface area contributed by atoms with Gasteiger partial charge in [0.2, 0.25) is 0 Å². The van der Waals surface area contributed by atoms with Gasteiger partial charge in [-0.2, -0.15) is 0 Å². The van der Waals surface area contributed by atoms with Crippen molar-refractivity contribution < 1.29 is 4.92 Å². The Morgan fingerprint density at radius 2 is 1.53 bits per heavy atom. The zero-order chi connectivity index (χ0) is 13.0. The summed E-state index contributed by atoms with van der Waals surface area (Å²) in [4.78, 5) is 11.1. The van der Waals surface area contributed by atoms with Crippen LogP contribution in [0.15, 0.2) is 18.2 Å². The van der Waals surface area contributed by atoms with Gasteiger partial charge in [-0.05, 0) is 66.0 Å². The molecule has 3 heteroatoms. The Hall–Kier alpha value is -1.90. The summed E-state index contributed by atoms with van der Waals surface area (Å²) in [6.07, 6.45) is 6.14. The molecule has 2 aromatic carbocycles. The van der Waals surface area contributed by atoms with Crippen LogP contribution in [0.4, 0.5) is 5.69 Å². The molecule has 4 rings (SSSR count). The lowest BCUT2D eigenvalue weighted by Crippen LogP contribution is -2.10. The fourth-order valence-corrected chi connectivity index (χ4v) is 3.81. The predicted octanol–water partition coefficient (Wildman–Crippen LogP) is 3.73. The molecule has 2 aliphatic carbocycles. The van der Waals surface area contributed by atoms with E-state index in [-0.39, 0.29) is 4.92 Å². The average molecular weight is 253 g/mol. The fourth-order valence-electron chi connectivity index (χ4n) is 3.81. The molecule has 0 aliphatic heterocycles. The number of hydrogen-bond acceptors (Lipinski definition) is 2. The van der Waals surface area contributed by atoms with Crippen LogP contribution in [0.3, 0.4) is 0 Å². The molecule has 96 valence electrons. The fraction of sp³-hybridized carbons (Fsp3) is 0.375. The number of nitro groups is 1. The quantitative estimate of drug-likeness (QED) is 0.574. The molecular formula is C16H15NO2. The van der Waals surface area contributed by atoms with E-state index in [1.807, 2.05) is 6.07 Å². The largest absolute Gasteiger partial charge is 0.273 e. The van der Waals surface area contributed by atoms with Gasteiger partial charge < -0.3 is 0 Å². The van der Waals surface area contributed by atoms with Crippen molar-refractivity contribution in [3.8, 4) is 0 Å². The van der Waals surface area contributed by atoms with Crippen LogP contribution in [0.2, 0.25) is 0 Å². The van der Waals surface area contributed by atoms with Gasteiger partial charge in [0.25, 0.3) is 5.69 Å². The van der Waals surface area contributed by atoms with Gasteiger partial charge in [0.15, 0.2) is 0 Å². The van der Waals surface area contributed by atoms with E-state index in [9.17, 15) is 10.1 Å². The first-order valence-electron chi connectivity index (χ1n) is 6.99. The van der Waals surface area contributed by atoms with Crippen LogP contribution in [0.25, 0.3) is 10.8 Å². The van der Waals surface area contributed by atoms with Crippen LogP contribution in [-0.4, -0.2) is 4.92 Å². The van der Waals surface area contributed by atoms with Crippen LogP contribution in [0.1, 0.15) is 35.1 Å². The van der Waals surface area contributed by atoms with Gasteiger partial charge in [-0.1, -0.05) is 12.1 Å². The van der Waals surface area contributed by atoms with E-state index in [0.717, 1.165) is 44.1 Å². The van der Waals surface area contributed by atoms with E-state index in [2.05, 4.69) is 12.1 Å². The molecule has 0 N–H and O–H groups in total. The van der Waals surface area contributed by atoms with E-state index in [1.54, 1.807) is 0 Å². The maximum Gasteiger partial charge on any atom is 0.273 e. The lowest BCUT2D eigenvalue weighted by atomic mass is 9.80. The number of aryl methyl sites for hydroxylation is 4. The Kier molecular flexibility index (Phi) is 2.19. The van der Waals surface area contributed by atoms with Gasteiger partial charge in [-0.25, -0.2) is 0 Å². The molecule has 0 radical (unpaired) electrons. The number of nitro benzene ring substituents is 1. The smallest absolute Gasteiger partial charge is 0.258 e. The Bertz CT molecular complexity index is 718. The van der Waals surface area contributed by atoms with Gasteiger partial charge in [0.05, 0.1) is 4.92 Å². The molecule has 2 aromatic rings. The predicted molar refractivity (Wildman–Crippen MR) is 74.7 cm³/mol. The van der Waals surface area contributed by atoms with Crippen LogP contribution in [-0.2, 0) is 25.7 Å². The molecule has 0 aromatic heterocycles. The normalized spacial score (nSPS) is 16.6. The summed E-state index contributed by atoms with van der Waals surface area (Å²) in [6.45, 7) is 0. The monoisotopic (exact) mass is 253 g/mol. The standard InChI is InChI=1S/C16H15NO2/c18-17(19)14-9-12-5-1-3-10-7-8-11-4-2-6-13(14)16(11)15(10)12/h7-9H,1-6H2. The van der Waals surface area contributed by atoms with E-state index in [0.29, 0.717) is 5.69 Å². The summed E-state index contributed by atoms with van der Waals surface area (Å²) in [7, 11) is 0. The third-order valence-corrected chi connectivity index (χ3v) is 4.58. The summed E-state index contributed by atoms with van der Waals surface area (Å²) in [5, 5.41) is 13.9. The zero-order valence-corrected chi connectivity index (χ0v) is 10.7. The third-order valence-electron chi connectivity index (χ3n) is 4.58. The summed E-state index contributed by atoms with van der Waals surface area (Å²) >= 11 is 0. The van der Waals surface area contributed by atoms with Crippen molar-refractivity contribution >= 4 is 16.5 Å². The van der Waals surface area contributed by atoms with Crippen molar-refractivity contribution in [3.63, 3.8) is 0 Å². The van der Waals surface area contributed by atoms with Gasteiger partial charge >= 0.3 is 0 Å². The average Bonchev–Trinajstić information content (AvgIpc) is 2.44. The summed E-state index contributed by atoms with van der Waals surface area (Å²) in [6, 6.07) is 6.27. The molecule has 19 heavy (non-hydrogen) atoms. The second kappa shape index (κ2) is 3.80. The summed E-state index contributed by atoms with van der Waals surface area (Å²) in [5.74, 6) is 0. The number of hydrogen-bond donors (Lipinski definition) is 0. The van der Waals surface area contributed by atoms with Gasteiger partial charge in [-0.3, -0.25) is 10.1 Å². The molecule has 0 atom stereocenters. The molecule has 3 nitrogen and oxygen atoms in total. The highest BCUT2D eigenvalue weighted by Gasteiger charge is 2.26. The van der Waals surface area contributed by atoms with Crippen molar-refractivity contribution in [2.45, 2.75) is 38.5 Å². The molecule has 0 spiro atoms. The van der Waals surface area contributed by atoms with Crippen LogP contribution in [0, 0.1) is 10.1 Å². The maximum absolute atomic E-state index is 11.3. The first kappa shape index (κ1) is 11.0. The maximum atomic E-state index is 11.3. The zero-order valence-electron chi connectivity index (χ0n) is 10.7. The number of rotatable bonds is 1. The first-order chi connectivity index (χ1) is 9.25. The SMILES string of the molecule is O=[N+]([O-])c1cc2c3c(ccc4c3c1CCC4)CCC2. The van der Waals surface area contributed by atoms with Crippen LogP contribution in [0.5, 0.6) is 0 Å². The van der Waals surface area contributed by atoms with Crippen molar-refractivity contribution in [2.24, 2.45) is 0 Å². The van der Waals surface area contributed by atoms with Gasteiger partial charge in [0, 0.05) is 11.6 Å². The van der Waals surface area contributed by atoms with Gasteiger partial charge in [-0.15, -0.1) is 0 Å². The Balaban J connectivity index is 2.20. The second-order valence-electron chi connectivity index (χ2n) is 5.63. The van der Waals surface area contributed by atoms with Crippen molar-refractivity contribution in [1.82, 2.24) is 0 Å². The van der Waals surface area contributed by atoms with E-state index >= 15 is 0 Å². The van der Waals surface area contributed by atoms with Crippen LogP contribution >= 0.6 is 0 Å². The topological polar surface area (TPSA) is 43.1 Å². The molecular weight excluding hydrogens is 238 g/mol. The summed E-state index contributed by atoms with van der Waals surface area (Å²) in [5.41, 5.74) is 5.22. The van der Waals surface area contributed by atoms with E-state index < -0.39 is 0 Å². The molecule has 0 saturated heterocycles. The second-order valence-corrected chi connectivity index (χ2v) is 5.63. The van der Waals surface area contributed by atoms with Crippen molar-refractivity contribution in [3.05, 3.63) is 50.6 Å². The number of benzene rings is 2. The number of nitrogens with zero attached hydrogens (tertiary/aromatic N) is 1. The first-order valence-corrected chi connectivity index (χ1v) is 6.99. The lowest BCUT2D eigenvalue weighted by Gasteiger charge is -2.24. The highest BCUT2D eigenvalue weighted by molar-refractivity contribution is 5.97. The highest BCUT2D eigenvalue weighted by Crippen LogP contribution is 2.41. The molecule has 0 heterocycles. The Morgan fingerprint density at radius 1 is 0.895 bits per heavy atom. The molecule has 0 fully saturated rings. The molecule has 0 bridgehead atoms. The minimum absolute atomic E-state index is 0.193. The lowest BCUT2D eigenvalue weighted by molar-refractivity contribution is -0.385. The minimum Gasteiger partial charge on any atom is -0.258 e. The minimum atomic E-state index is -0.193. The van der Waals surface area contributed by atoms with Crippen molar-refractivity contribution in [2.75, 3.05) is 0 Å². The van der Waals surface area contributed by atoms with E-state index in [4.69, 9.17) is 0 Å². The molecule has 0 amide bonds. The molecule has 0 unspecified atom stereocenters. The Labute approximate surface area is 111 Å². The third kappa shape index (κ3) is 1.44. The van der Waals surface area contributed by atoms with Gasteiger partial charge in [0.1, 0.15) is 0 Å².